The standard InChI is InChI=1S/C27H24N6O2/c1-31-25(34)14-24(23-11-12-28-17-29-23)30-27(31)33-16-21-13-22(33)15-32(21)26(35)20-9-7-19(8-10-20)18-5-3-2-4-6-18/h2-12,14,17,21-22H,13,15-16H2,1H3. The van der Waals surface area contributed by atoms with Crippen molar-refractivity contribution in [3.05, 3.63) is 95.2 Å². The summed E-state index contributed by atoms with van der Waals surface area (Å²) < 4.78 is 1.57. The highest BCUT2D eigenvalue weighted by molar-refractivity contribution is 5.95. The molecule has 4 heterocycles. The predicted molar refractivity (Wildman–Crippen MR) is 133 cm³/mol. The second-order valence-electron chi connectivity index (χ2n) is 9.03. The first-order chi connectivity index (χ1) is 17.1. The molecular formula is C27H24N6O2. The van der Waals surface area contributed by atoms with Crippen LogP contribution in [-0.4, -0.2) is 55.5 Å². The van der Waals surface area contributed by atoms with Gasteiger partial charge < -0.3 is 9.80 Å². The Kier molecular flexibility index (Phi) is 5.13. The van der Waals surface area contributed by atoms with E-state index in [2.05, 4.69) is 27.0 Å². The van der Waals surface area contributed by atoms with E-state index in [1.54, 1.807) is 23.9 Å². The molecule has 2 aliphatic heterocycles. The average Bonchev–Trinajstić information content (AvgIpc) is 3.52. The average molecular weight is 465 g/mol. The fourth-order valence-corrected chi connectivity index (χ4v) is 5.12. The molecule has 2 fully saturated rings. The minimum absolute atomic E-state index is 0.0494. The zero-order chi connectivity index (χ0) is 23.9. The number of carbonyl (C=O) groups excluding carboxylic acids is 1. The van der Waals surface area contributed by atoms with Crippen molar-refractivity contribution in [2.24, 2.45) is 7.05 Å². The molecule has 2 aromatic heterocycles. The Morgan fingerprint density at radius 1 is 0.914 bits per heavy atom. The van der Waals surface area contributed by atoms with E-state index in [0.29, 0.717) is 36.0 Å². The van der Waals surface area contributed by atoms with Crippen LogP contribution in [0.15, 0.2) is 84.0 Å². The zero-order valence-electron chi connectivity index (χ0n) is 19.3. The first-order valence-electron chi connectivity index (χ1n) is 11.7. The normalized spacial score (nSPS) is 18.8. The first kappa shape index (κ1) is 21.2. The quantitative estimate of drug-likeness (QED) is 0.462. The van der Waals surface area contributed by atoms with E-state index < -0.39 is 0 Å². The van der Waals surface area contributed by atoms with Crippen LogP contribution in [0.2, 0.25) is 0 Å². The van der Waals surface area contributed by atoms with Crippen LogP contribution in [0, 0.1) is 0 Å². The number of fused-ring (bicyclic) bond motifs is 2. The van der Waals surface area contributed by atoms with Crippen molar-refractivity contribution in [3.8, 4) is 22.5 Å². The molecule has 0 aliphatic carbocycles. The maximum absolute atomic E-state index is 13.3. The number of carbonyl (C=O) groups is 1. The van der Waals surface area contributed by atoms with Crippen LogP contribution in [0.1, 0.15) is 16.8 Å². The van der Waals surface area contributed by atoms with Crippen molar-refractivity contribution in [1.29, 1.82) is 0 Å². The summed E-state index contributed by atoms with van der Waals surface area (Å²) in [5.41, 5.74) is 3.91. The Bertz CT molecular complexity index is 1440. The molecule has 174 valence electrons. The van der Waals surface area contributed by atoms with Gasteiger partial charge in [-0.05, 0) is 35.7 Å². The number of amides is 1. The second-order valence-corrected chi connectivity index (χ2v) is 9.03. The van der Waals surface area contributed by atoms with Crippen molar-refractivity contribution in [2.75, 3.05) is 18.0 Å². The van der Waals surface area contributed by atoms with E-state index in [0.717, 1.165) is 17.5 Å². The lowest BCUT2D eigenvalue weighted by atomic mass is 10.0. The lowest BCUT2D eigenvalue weighted by Gasteiger charge is -2.35. The van der Waals surface area contributed by atoms with E-state index >= 15 is 0 Å². The maximum atomic E-state index is 13.3. The van der Waals surface area contributed by atoms with Crippen molar-refractivity contribution < 1.29 is 4.79 Å². The van der Waals surface area contributed by atoms with Gasteiger partial charge in [0.1, 0.15) is 6.33 Å². The summed E-state index contributed by atoms with van der Waals surface area (Å²) in [6, 6.07) is 21.4. The van der Waals surface area contributed by atoms with E-state index in [-0.39, 0.29) is 23.6 Å². The van der Waals surface area contributed by atoms with Gasteiger partial charge in [-0.25, -0.2) is 15.0 Å². The van der Waals surface area contributed by atoms with Crippen molar-refractivity contribution >= 4 is 11.9 Å². The summed E-state index contributed by atoms with van der Waals surface area (Å²) in [5.74, 6) is 0.659. The van der Waals surface area contributed by atoms with Gasteiger partial charge in [0.05, 0.1) is 23.5 Å². The van der Waals surface area contributed by atoms with Gasteiger partial charge in [-0.15, -0.1) is 0 Å². The first-order valence-corrected chi connectivity index (χ1v) is 11.7. The molecule has 35 heavy (non-hydrogen) atoms. The number of hydrogen-bond acceptors (Lipinski definition) is 6. The Labute approximate surface area is 202 Å². The summed E-state index contributed by atoms with van der Waals surface area (Å²) in [6.07, 6.45) is 3.94. The molecule has 0 saturated carbocycles. The number of likely N-dealkylation sites (tertiary alicyclic amines) is 1. The van der Waals surface area contributed by atoms with Crippen LogP contribution in [0.25, 0.3) is 22.5 Å². The van der Waals surface area contributed by atoms with Crippen molar-refractivity contribution in [1.82, 2.24) is 24.4 Å². The molecule has 2 atom stereocenters. The predicted octanol–water partition coefficient (Wildman–Crippen LogP) is 3.01. The van der Waals surface area contributed by atoms with Gasteiger partial charge in [-0.3, -0.25) is 14.2 Å². The van der Waals surface area contributed by atoms with E-state index in [9.17, 15) is 9.59 Å². The van der Waals surface area contributed by atoms with Gasteiger partial charge in [-0.1, -0.05) is 42.5 Å². The summed E-state index contributed by atoms with van der Waals surface area (Å²) in [7, 11) is 1.73. The third-order valence-corrected chi connectivity index (χ3v) is 6.95. The highest BCUT2D eigenvalue weighted by Crippen LogP contribution is 2.35. The van der Waals surface area contributed by atoms with Crippen LogP contribution >= 0.6 is 0 Å². The van der Waals surface area contributed by atoms with Gasteiger partial charge in [-0.2, -0.15) is 0 Å². The molecule has 2 aromatic carbocycles. The minimum Gasteiger partial charge on any atom is -0.335 e. The van der Waals surface area contributed by atoms with Crippen LogP contribution in [0.4, 0.5) is 5.95 Å². The fourth-order valence-electron chi connectivity index (χ4n) is 5.12. The van der Waals surface area contributed by atoms with Gasteiger partial charge in [0.15, 0.2) is 0 Å². The number of rotatable bonds is 4. The highest BCUT2D eigenvalue weighted by atomic mass is 16.2. The van der Waals surface area contributed by atoms with Crippen LogP contribution in [0.5, 0.6) is 0 Å². The summed E-state index contributed by atoms with van der Waals surface area (Å²) in [5, 5.41) is 0. The Balaban J connectivity index is 1.21. The Hall–Kier alpha value is -4.33. The summed E-state index contributed by atoms with van der Waals surface area (Å²) >= 11 is 0. The molecule has 8 nitrogen and oxygen atoms in total. The van der Waals surface area contributed by atoms with Crippen LogP contribution < -0.4 is 10.5 Å². The fraction of sp³-hybridized carbons (Fsp3) is 0.222. The molecule has 4 aromatic rings. The number of hydrogen-bond donors (Lipinski definition) is 0. The SMILES string of the molecule is Cn1c(N2CC3CC2CN3C(=O)c2ccc(-c3ccccc3)cc2)nc(-c2ccncn2)cc1=O. The van der Waals surface area contributed by atoms with Crippen molar-refractivity contribution in [2.45, 2.75) is 18.5 Å². The summed E-state index contributed by atoms with van der Waals surface area (Å²) in [4.78, 5) is 43.0. The number of benzene rings is 2. The largest absolute Gasteiger partial charge is 0.335 e. The molecule has 6 rings (SSSR count). The molecule has 0 radical (unpaired) electrons. The number of piperazine rings is 1. The lowest BCUT2D eigenvalue weighted by molar-refractivity contribution is 0.0725. The molecule has 2 bridgehead atoms. The maximum Gasteiger partial charge on any atom is 0.255 e. The number of nitrogens with zero attached hydrogens (tertiary/aromatic N) is 6. The number of aromatic nitrogens is 4. The third kappa shape index (κ3) is 3.77. The third-order valence-electron chi connectivity index (χ3n) is 6.95. The van der Waals surface area contributed by atoms with Gasteiger partial charge in [0, 0.05) is 38.0 Å². The highest BCUT2D eigenvalue weighted by Gasteiger charge is 2.46. The van der Waals surface area contributed by atoms with Crippen molar-refractivity contribution in [3.63, 3.8) is 0 Å². The van der Waals surface area contributed by atoms with Gasteiger partial charge in [0.25, 0.3) is 11.5 Å². The molecule has 0 spiro atoms. The van der Waals surface area contributed by atoms with E-state index in [1.807, 2.05) is 47.4 Å². The van der Waals surface area contributed by atoms with E-state index in [4.69, 9.17) is 4.98 Å². The molecule has 2 unspecified atom stereocenters. The molecule has 0 N–H and O–H groups in total. The topological polar surface area (TPSA) is 84.2 Å². The minimum atomic E-state index is -0.141. The zero-order valence-corrected chi connectivity index (χ0v) is 19.3. The van der Waals surface area contributed by atoms with E-state index in [1.165, 1.54) is 12.4 Å². The summed E-state index contributed by atoms with van der Waals surface area (Å²) in [6.45, 7) is 1.25. The molecule has 8 heteroatoms. The van der Waals surface area contributed by atoms with Crippen LogP contribution in [0.3, 0.4) is 0 Å². The smallest absolute Gasteiger partial charge is 0.255 e. The second kappa shape index (κ2) is 8.47. The molecule has 1 amide bonds. The Morgan fingerprint density at radius 3 is 2.37 bits per heavy atom. The lowest BCUT2D eigenvalue weighted by Crippen LogP contribution is -2.50. The monoisotopic (exact) mass is 464 g/mol. The molecule has 2 aliphatic rings. The van der Waals surface area contributed by atoms with Crippen LogP contribution in [-0.2, 0) is 7.05 Å². The Morgan fingerprint density at radius 2 is 1.69 bits per heavy atom. The molecular weight excluding hydrogens is 440 g/mol. The molecule has 2 saturated heterocycles. The van der Waals surface area contributed by atoms with Gasteiger partial charge in [0.2, 0.25) is 5.95 Å². The van der Waals surface area contributed by atoms with Gasteiger partial charge >= 0.3 is 0 Å². The number of anilines is 1.